The van der Waals surface area contributed by atoms with Crippen LogP contribution in [0.1, 0.15) is 36.2 Å². The summed E-state index contributed by atoms with van der Waals surface area (Å²) in [7, 11) is 2.21. The number of rotatable bonds is 2. The van der Waals surface area contributed by atoms with E-state index in [9.17, 15) is 4.79 Å². The number of Topliss-reactive ketones (excluding diaryl/α,β-unsaturated/α-hetero) is 1. The maximum atomic E-state index is 13.0. The second-order valence-corrected chi connectivity index (χ2v) is 6.46. The highest BCUT2D eigenvalue weighted by Crippen LogP contribution is 2.39. The molecule has 0 spiro atoms. The normalized spacial score (nSPS) is 28.9. The van der Waals surface area contributed by atoms with Crippen LogP contribution in [0, 0.1) is 5.92 Å². The fraction of sp³-hybridized carbons (Fsp3) is 0.444. The first kappa shape index (κ1) is 13.0. The van der Waals surface area contributed by atoms with Crippen LogP contribution < -0.4 is 0 Å². The van der Waals surface area contributed by atoms with E-state index >= 15 is 0 Å². The zero-order chi connectivity index (χ0) is 14.4. The number of carbonyl (C=O) groups excluding carboxylic acids is 1. The molecule has 2 aromatic rings. The molecule has 0 amide bonds. The number of aromatic nitrogens is 1. The minimum atomic E-state index is 0.150. The second kappa shape index (κ2) is 4.92. The Balaban J connectivity index is 1.68. The van der Waals surface area contributed by atoms with Crippen LogP contribution >= 0.6 is 0 Å². The summed E-state index contributed by atoms with van der Waals surface area (Å²) in [5, 5.41) is 2.10. The summed E-state index contributed by atoms with van der Waals surface area (Å²) < 4.78 is 0. The Morgan fingerprint density at radius 2 is 1.86 bits per heavy atom. The smallest absolute Gasteiger partial charge is 0.184 e. The summed E-state index contributed by atoms with van der Waals surface area (Å²) in [6.07, 6.45) is 6.24. The van der Waals surface area contributed by atoms with Gasteiger partial charge >= 0.3 is 0 Å². The van der Waals surface area contributed by atoms with E-state index in [0.29, 0.717) is 17.8 Å². The quantitative estimate of drug-likeness (QED) is 0.791. The van der Waals surface area contributed by atoms with Crippen LogP contribution in [-0.2, 0) is 0 Å². The van der Waals surface area contributed by atoms with Gasteiger partial charge in [-0.1, -0.05) is 24.3 Å². The topological polar surface area (TPSA) is 33.2 Å². The van der Waals surface area contributed by atoms with Crippen molar-refractivity contribution < 1.29 is 4.79 Å². The van der Waals surface area contributed by atoms with Gasteiger partial charge in [0.05, 0.1) is 0 Å². The fourth-order valence-corrected chi connectivity index (χ4v) is 4.13. The van der Waals surface area contributed by atoms with E-state index in [4.69, 9.17) is 0 Å². The molecule has 1 aromatic carbocycles. The molecule has 108 valence electrons. The van der Waals surface area contributed by atoms with Crippen LogP contribution in [0.2, 0.25) is 0 Å². The van der Waals surface area contributed by atoms with Gasteiger partial charge in [0.2, 0.25) is 0 Å². The summed E-state index contributed by atoms with van der Waals surface area (Å²) in [5.41, 5.74) is 0.669. The van der Waals surface area contributed by atoms with Crippen molar-refractivity contribution in [1.82, 2.24) is 9.88 Å². The van der Waals surface area contributed by atoms with Crippen LogP contribution in [0.5, 0.6) is 0 Å². The predicted octanol–water partition coefficient (Wildman–Crippen LogP) is 3.29. The van der Waals surface area contributed by atoms with Crippen molar-refractivity contribution in [2.75, 3.05) is 7.05 Å². The maximum Gasteiger partial charge on any atom is 0.184 e. The van der Waals surface area contributed by atoms with Gasteiger partial charge in [-0.25, -0.2) is 0 Å². The molecule has 0 aliphatic carbocycles. The number of carbonyl (C=O) groups is 1. The van der Waals surface area contributed by atoms with Gasteiger partial charge in [0.15, 0.2) is 5.78 Å². The molecule has 2 unspecified atom stereocenters. The van der Waals surface area contributed by atoms with E-state index < -0.39 is 0 Å². The molecule has 2 aliphatic rings. The first-order chi connectivity index (χ1) is 10.2. The molecular formula is C18H20N2O. The average molecular weight is 280 g/mol. The van der Waals surface area contributed by atoms with Crippen molar-refractivity contribution in [3.05, 3.63) is 42.2 Å². The molecule has 0 saturated carbocycles. The Bertz CT molecular complexity index is 677. The molecule has 3 nitrogen and oxygen atoms in total. The maximum absolute atomic E-state index is 13.0. The van der Waals surface area contributed by atoms with Crippen molar-refractivity contribution >= 4 is 16.6 Å². The zero-order valence-electron chi connectivity index (χ0n) is 12.3. The lowest BCUT2D eigenvalue weighted by Gasteiger charge is -2.35. The van der Waals surface area contributed by atoms with Crippen molar-refractivity contribution in [3.63, 3.8) is 0 Å². The minimum absolute atomic E-state index is 0.150. The Morgan fingerprint density at radius 3 is 2.62 bits per heavy atom. The summed E-state index contributed by atoms with van der Waals surface area (Å²) >= 11 is 0. The standard InChI is InChI=1S/C18H20N2O/c1-20-14-6-7-15(20)11-13(10-14)18(21)17-16-5-3-2-4-12(16)8-9-19-17/h2-5,8-9,13-15H,6-7,10-11H2,1H3. The Labute approximate surface area is 125 Å². The van der Waals surface area contributed by atoms with Crippen molar-refractivity contribution in [3.8, 4) is 0 Å². The highest BCUT2D eigenvalue weighted by molar-refractivity contribution is 6.07. The molecule has 2 atom stereocenters. The highest BCUT2D eigenvalue weighted by atomic mass is 16.1. The summed E-state index contributed by atoms with van der Waals surface area (Å²) in [4.78, 5) is 19.8. The lowest BCUT2D eigenvalue weighted by Crippen LogP contribution is -2.42. The van der Waals surface area contributed by atoms with Crippen LogP contribution in [0.15, 0.2) is 36.5 Å². The highest BCUT2D eigenvalue weighted by Gasteiger charge is 2.41. The van der Waals surface area contributed by atoms with Crippen molar-refractivity contribution in [2.45, 2.75) is 37.8 Å². The van der Waals surface area contributed by atoms with Crippen molar-refractivity contribution in [1.29, 1.82) is 0 Å². The molecular weight excluding hydrogens is 260 g/mol. The van der Waals surface area contributed by atoms with Gasteiger partial charge in [0.25, 0.3) is 0 Å². The fourth-order valence-electron chi connectivity index (χ4n) is 4.13. The average Bonchev–Trinajstić information content (AvgIpc) is 2.75. The number of pyridine rings is 1. The summed E-state index contributed by atoms with van der Waals surface area (Å²) in [6, 6.07) is 11.2. The van der Waals surface area contributed by atoms with Gasteiger partial charge in [0, 0.05) is 29.6 Å². The van der Waals surface area contributed by atoms with E-state index in [0.717, 1.165) is 23.6 Å². The van der Waals surface area contributed by atoms with Crippen LogP contribution in [0.4, 0.5) is 0 Å². The zero-order valence-corrected chi connectivity index (χ0v) is 12.3. The number of hydrogen-bond acceptors (Lipinski definition) is 3. The first-order valence-electron chi connectivity index (χ1n) is 7.84. The monoisotopic (exact) mass is 280 g/mol. The molecule has 2 fully saturated rings. The van der Waals surface area contributed by atoms with Crippen LogP contribution in [-0.4, -0.2) is 34.8 Å². The van der Waals surface area contributed by atoms with Crippen molar-refractivity contribution in [2.24, 2.45) is 5.92 Å². The third-order valence-electron chi connectivity index (χ3n) is 5.38. The van der Waals surface area contributed by atoms with Gasteiger partial charge in [-0.2, -0.15) is 0 Å². The Morgan fingerprint density at radius 1 is 1.14 bits per heavy atom. The number of nitrogens with zero attached hydrogens (tertiary/aromatic N) is 2. The number of hydrogen-bond donors (Lipinski definition) is 0. The van der Waals surface area contributed by atoms with Gasteiger partial charge in [-0.15, -0.1) is 0 Å². The molecule has 1 aromatic heterocycles. The lowest BCUT2D eigenvalue weighted by atomic mass is 9.85. The van der Waals surface area contributed by atoms with Gasteiger partial charge < -0.3 is 4.90 Å². The summed E-state index contributed by atoms with van der Waals surface area (Å²) in [5.74, 6) is 0.397. The second-order valence-electron chi connectivity index (χ2n) is 6.46. The van der Waals surface area contributed by atoms with Crippen LogP contribution in [0.3, 0.4) is 0 Å². The molecule has 3 heteroatoms. The van der Waals surface area contributed by atoms with Crippen LogP contribution in [0.25, 0.3) is 10.8 Å². The molecule has 2 saturated heterocycles. The third-order valence-corrected chi connectivity index (χ3v) is 5.38. The summed E-state index contributed by atoms with van der Waals surface area (Å²) in [6.45, 7) is 0. The van der Waals surface area contributed by atoms with E-state index in [-0.39, 0.29) is 11.7 Å². The Kier molecular flexibility index (Phi) is 3.03. The number of piperidine rings is 1. The molecule has 21 heavy (non-hydrogen) atoms. The van der Waals surface area contributed by atoms with E-state index in [1.54, 1.807) is 6.20 Å². The van der Waals surface area contributed by atoms with Gasteiger partial charge in [-0.3, -0.25) is 9.78 Å². The number of benzene rings is 1. The van der Waals surface area contributed by atoms with Gasteiger partial charge in [-0.05, 0) is 44.2 Å². The number of fused-ring (bicyclic) bond motifs is 3. The molecule has 4 rings (SSSR count). The largest absolute Gasteiger partial charge is 0.300 e. The Hall–Kier alpha value is -1.74. The van der Waals surface area contributed by atoms with E-state index in [2.05, 4.69) is 16.9 Å². The first-order valence-corrected chi connectivity index (χ1v) is 7.84. The molecule has 3 heterocycles. The van der Waals surface area contributed by atoms with Gasteiger partial charge in [0.1, 0.15) is 5.69 Å². The lowest BCUT2D eigenvalue weighted by molar-refractivity contribution is 0.0764. The SMILES string of the molecule is CN1C2CCC1CC(C(=O)c1nccc3ccccc13)C2. The minimum Gasteiger partial charge on any atom is -0.300 e. The molecule has 2 bridgehead atoms. The molecule has 0 radical (unpaired) electrons. The predicted molar refractivity (Wildman–Crippen MR) is 83.4 cm³/mol. The number of ketones is 1. The molecule has 0 N–H and O–H groups in total. The third kappa shape index (κ3) is 2.07. The van der Waals surface area contributed by atoms with E-state index in [1.807, 2.05) is 30.3 Å². The van der Waals surface area contributed by atoms with E-state index in [1.165, 1.54) is 12.8 Å². The molecule has 2 aliphatic heterocycles.